The zero-order valence-corrected chi connectivity index (χ0v) is 12.5. The first-order chi connectivity index (χ1) is 8.82. The van der Waals surface area contributed by atoms with Gasteiger partial charge in [-0.15, -0.1) is 11.6 Å². The molecule has 0 amide bonds. The van der Waals surface area contributed by atoms with Gasteiger partial charge in [0.2, 0.25) is 0 Å². The smallest absolute Gasteiger partial charge is 0.178 e. The van der Waals surface area contributed by atoms with Gasteiger partial charge >= 0.3 is 0 Å². The third-order valence-corrected chi connectivity index (χ3v) is 4.13. The number of hydrogen-bond acceptors (Lipinski definition) is 4. The van der Waals surface area contributed by atoms with Crippen molar-refractivity contribution in [2.45, 2.75) is 24.6 Å². The second-order valence-corrected chi connectivity index (χ2v) is 6.69. The van der Waals surface area contributed by atoms with Crippen molar-refractivity contribution in [3.05, 3.63) is 35.3 Å². The van der Waals surface area contributed by atoms with Crippen molar-refractivity contribution >= 4 is 21.4 Å². The average molecular weight is 300 g/mol. The lowest BCUT2D eigenvalue weighted by Crippen LogP contribution is -2.06. The standard InChI is InChI=1S/C12H14ClN3O2S/c1-8-4-9(2)15-12(11(8)5-13)16-7-10(6-14-16)19(3,17)18/h4,6-7H,5H2,1-3H3. The van der Waals surface area contributed by atoms with Crippen LogP contribution in [0.2, 0.25) is 0 Å². The van der Waals surface area contributed by atoms with Gasteiger partial charge in [0.25, 0.3) is 0 Å². The van der Waals surface area contributed by atoms with Crippen LogP contribution in [-0.4, -0.2) is 29.4 Å². The Labute approximate surface area is 117 Å². The Bertz CT molecular complexity index is 723. The number of halogens is 1. The normalized spacial score (nSPS) is 11.8. The minimum atomic E-state index is -3.27. The van der Waals surface area contributed by atoms with Crippen LogP contribution >= 0.6 is 11.6 Å². The lowest BCUT2D eigenvalue weighted by atomic mass is 10.1. The number of sulfone groups is 1. The van der Waals surface area contributed by atoms with Crippen LogP contribution in [0, 0.1) is 13.8 Å². The molecule has 0 aliphatic rings. The first-order valence-corrected chi connectivity index (χ1v) is 8.03. The highest BCUT2D eigenvalue weighted by molar-refractivity contribution is 7.90. The maximum absolute atomic E-state index is 11.5. The van der Waals surface area contributed by atoms with E-state index in [1.165, 1.54) is 17.1 Å². The molecule has 0 radical (unpaired) electrons. The molecule has 0 saturated carbocycles. The van der Waals surface area contributed by atoms with Crippen LogP contribution in [0.1, 0.15) is 16.8 Å². The van der Waals surface area contributed by atoms with Gasteiger partial charge in [0, 0.05) is 17.5 Å². The van der Waals surface area contributed by atoms with Gasteiger partial charge in [-0.1, -0.05) is 0 Å². The number of rotatable bonds is 3. The Hall–Kier alpha value is -1.40. The maximum Gasteiger partial charge on any atom is 0.178 e. The van der Waals surface area contributed by atoms with E-state index >= 15 is 0 Å². The topological polar surface area (TPSA) is 64.8 Å². The van der Waals surface area contributed by atoms with Crippen LogP contribution < -0.4 is 0 Å². The molecule has 19 heavy (non-hydrogen) atoms. The molecule has 2 heterocycles. The minimum Gasteiger partial charge on any atom is -0.234 e. The molecule has 2 rings (SSSR count). The van der Waals surface area contributed by atoms with Crippen LogP contribution in [0.3, 0.4) is 0 Å². The first-order valence-electron chi connectivity index (χ1n) is 5.61. The van der Waals surface area contributed by atoms with Gasteiger partial charge in [0.15, 0.2) is 15.7 Å². The predicted octanol–water partition coefficient (Wildman–Crippen LogP) is 2.03. The van der Waals surface area contributed by atoms with Crippen LogP contribution in [0.5, 0.6) is 0 Å². The minimum absolute atomic E-state index is 0.161. The number of aryl methyl sites for hydroxylation is 2. The highest BCUT2D eigenvalue weighted by Crippen LogP contribution is 2.20. The van der Waals surface area contributed by atoms with E-state index in [2.05, 4.69) is 10.1 Å². The molecule has 0 aliphatic heterocycles. The molecular weight excluding hydrogens is 286 g/mol. The second kappa shape index (κ2) is 4.94. The van der Waals surface area contributed by atoms with Gasteiger partial charge in [-0.3, -0.25) is 0 Å². The molecule has 7 heteroatoms. The van der Waals surface area contributed by atoms with E-state index in [1.807, 2.05) is 19.9 Å². The van der Waals surface area contributed by atoms with Crippen LogP contribution in [0.15, 0.2) is 23.4 Å². The molecule has 0 fully saturated rings. The quantitative estimate of drug-likeness (QED) is 0.813. The van der Waals surface area contributed by atoms with Crippen molar-refractivity contribution in [3.63, 3.8) is 0 Å². The van der Waals surface area contributed by atoms with E-state index in [4.69, 9.17) is 11.6 Å². The van der Waals surface area contributed by atoms with E-state index in [0.717, 1.165) is 23.1 Å². The van der Waals surface area contributed by atoms with E-state index in [0.29, 0.717) is 11.7 Å². The first kappa shape index (κ1) is 14.0. The fourth-order valence-corrected chi connectivity index (χ4v) is 2.67. The molecule has 0 aliphatic carbocycles. The van der Waals surface area contributed by atoms with Crippen LogP contribution in [0.4, 0.5) is 0 Å². The fourth-order valence-electron chi connectivity index (χ4n) is 1.81. The monoisotopic (exact) mass is 299 g/mol. The third kappa shape index (κ3) is 2.79. The highest BCUT2D eigenvalue weighted by Gasteiger charge is 2.15. The Morgan fingerprint density at radius 1 is 1.37 bits per heavy atom. The zero-order chi connectivity index (χ0) is 14.2. The van der Waals surface area contributed by atoms with E-state index in [1.54, 1.807) is 0 Å². The summed E-state index contributed by atoms with van der Waals surface area (Å²) in [6, 6.07) is 1.93. The molecule has 0 saturated heterocycles. The number of pyridine rings is 1. The lowest BCUT2D eigenvalue weighted by Gasteiger charge is -2.10. The van der Waals surface area contributed by atoms with Crippen molar-refractivity contribution in [1.82, 2.24) is 14.8 Å². The fraction of sp³-hybridized carbons (Fsp3) is 0.333. The van der Waals surface area contributed by atoms with Gasteiger partial charge in [-0.25, -0.2) is 18.1 Å². The predicted molar refractivity (Wildman–Crippen MR) is 73.5 cm³/mol. The number of hydrogen-bond donors (Lipinski definition) is 0. The summed E-state index contributed by atoms with van der Waals surface area (Å²) >= 11 is 5.94. The molecular formula is C12H14ClN3O2S. The van der Waals surface area contributed by atoms with Crippen molar-refractivity contribution in [3.8, 4) is 5.82 Å². The van der Waals surface area contributed by atoms with E-state index in [-0.39, 0.29) is 4.90 Å². The molecule has 5 nitrogen and oxygen atoms in total. The van der Waals surface area contributed by atoms with E-state index in [9.17, 15) is 8.42 Å². The molecule has 0 aromatic carbocycles. The Morgan fingerprint density at radius 3 is 2.58 bits per heavy atom. The van der Waals surface area contributed by atoms with Gasteiger partial charge in [-0.05, 0) is 25.5 Å². The SMILES string of the molecule is Cc1cc(C)c(CCl)c(-n2cc(S(C)(=O)=O)cn2)n1. The molecule has 0 bridgehead atoms. The molecule has 0 atom stereocenters. The van der Waals surface area contributed by atoms with Gasteiger partial charge in [0.05, 0.1) is 18.3 Å². The van der Waals surface area contributed by atoms with Crippen molar-refractivity contribution < 1.29 is 8.42 Å². The molecule has 2 aromatic rings. The Morgan fingerprint density at radius 2 is 2.05 bits per heavy atom. The van der Waals surface area contributed by atoms with Gasteiger partial charge in [-0.2, -0.15) is 5.10 Å². The van der Waals surface area contributed by atoms with Gasteiger partial charge in [0.1, 0.15) is 4.90 Å². The number of alkyl halides is 1. The summed E-state index contributed by atoms with van der Waals surface area (Å²) in [6.45, 7) is 3.81. The summed E-state index contributed by atoms with van der Waals surface area (Å²) in [5.41, 5.74) is 2.68. The zero-order valence-electron chi connectivity index (χ0n) is 10.9. The Balaban J connectivity index is 2.62. The second-order valence-electron chi connectivity index (χ2n) is 4.41. The summed E-state index contributed by atoms with van der Waals surface area (Å²) in [6.07, 6.45) is 3.91. The molecule has 0 unspecified atom stereocenters. The van der Waals surface area contributed by atoms with Crippen molar-refractivity contribution in [1.29, 1.82) is 0 Å². The molecule has 2 aromatic heterocycles. The molecule has 0 N–H and O–H groups in total. The van der Waals surface area contributed by atoms with Crippen LogP contribution in [-0.2, 0) is 15.7 Å². The third-order valence-electron chi connectivity index (χ3n) is 2.79. The largest absolute Gasteiger partial charge is 0.234 e. The maximum atomic E-state index is 11.5. The summed E-state index contributed by atoms with van der Waals surface area (Å²) in [4.78, 5) is 4.55. The van der Waals surface area contributed by atoms with Crippen molar-refractivity contribution in [2.24, 2.45) is 0 Å². The summed E-state index contributed by atoms with van der Waals surface area (Å²) in [7, 11) is -3.27. The number of aromatic nitrogens is 3. The highest BCUT2D eigenvalue weighted by atomic mass is 35.5. The summed E-state index contributed by atoms with van der Waals surface area (Å²) < 4.78 is 24.4. The summed E-state index contributed by atoms with van der Waals surface area (Å²) in [5.74, 6) is 0.866. The van der Waals surface area contributed by atoms with E-state index < -0.39 is 9.84 Å². The molecule has 0 spiro atoms. The van der Waals surface area contributed by atoms with Crippen molar-refractivity contribution in [2.75, 3.05) is 6.26 Å². The van der Waals surface area contributed by atoms with Gasteiger partial charge < -0.3 is 0 Å². The number of nitrogens with zero attached hydrogens (tertiary/aromatic N) is 3. The average Bonchev–Trinajstić information content (AvgIpc) is 2.76. The van der Waals surface area contributed by atoms with Crippen LogP contribution in [0.25, 0.3) is 5.82 Å². The summed E-state index contributed by atoms with van der Waals surface area (Å²) in [5, 5.41) is 4.06. The Kier molecular flexibility index (Phi) is 3.64. The molecule has 102 valence electrons. The lowest BCUT2D eigenvalue weighted by molar-refractivity contribution is 0.602.